The Balaban J connectivity index is 2.77. The molecule has 0 saturated carbocycles. The molecule has 5 nitrogen and oxygen atoms in total. The van der Waals surface area contributed by atoms with Crippen LogP contribution < -0.4 is 10.1 Å². The third kappa shape index (κ3) is 6.74. The van der Waals surface area contributed by atoms with Crippen molar-refractivity contribution in [2.75, 3.05) is 25.0 Å². The molecule has 0 spiro atoms. The quantitative estimate of drug-likeness (QED) is 0.521. The van der Waals surface area contributed by atoms with Crippen LogP contribution in [-0.2, 0) is 4.79 Å². The van der Waals surface area contributed by atoms with Crippen LogP contribution in [0.4, 0.5) is 5.69 Å². The van der Waals surface area contributed by atoms with Gasteiger partial charge in [-0.25, -0.2) is 0 Å². The molecule has 0 radical (unpaired) electrons. The van der Waals surface area contributed by atoms with E-state index in [1.54, 1.807) is 30.5 Å². The molecule has 1 amide bonds. The van der Waals surface area contributed by atoms with E-state index in [9.17, 15) is 10.1 Å². The first-order chi connectivity index (χ1) is 11.6. The maximum absolute atomic E-state index is 12.3. The van der Waals surface area contributed by atoms with Crippen LogP contribution in [0.1, 0.15) is 40.0 Å². The summed E-state index contributed by atoms with van der Waals surface area (Å²) in [6, 6.07) is 9.11. The summed E-state index contributed by atoms with van der Waals surface area (Å²) in [6.45, 7) is 8.40. The number of benzene rings is 1. The van der Waals surface area contributed by atoms with Crippen LogP contribution in [0.25, 0.3) is 0 Å². The second kappa shape index (κ2) is 11.1. The third-order valence-corrected chi connectivity index (χ3v) is 3.41. The van der Waals surface area contributed by atoms with Crippen molar-refractivity contribution in [2.45, 2.75) is 40.0 Å². The molecule has 1 rings (SSSR count). The Morgan fingerprint density at radius 1 is 1.21 bits per heavy atom. The number of hydrogen-bond donors (Lipinski definition) is 1. The Bertz CT molecular complexity index is 573. The largest absolute Gasteiger partial charge is 0.494 e. The number of nitrogens with zero attached hydrogens (tertiary/aromatic N) is 2. The van der Waals surface area contributed by atoms with Crippen LogP contribution in [0, 0.1) is 11.3 Å². The predicted octanol–water partition coefficient (Wildman–Crippen LogP) is 3.94. The average molecular weight is 329 g/mol. The van der Waals surface area contributed by atoms with Gasteiger partial charge in [-0.1, -0.05) is 20.3 Å². The number of rotatable bonds is 10. The van der Waals surface area contributed by atoms with Gasteiger partial charge < -0.3 is 15.0 Å². The molecule has 0 fully saturated rings. The van der Waals surface area contributed by atoms with Gasteiger partial charge in [-0.2, -0.15) is 5.26 Å². The van der Waals surface area contributed by atoms with E-state index in [0.717, 1.165) is 38.1 Å². The molecule has 5 heteroatoms. The highest BCUT2D eigenvalue weighted by Crippen LogP contribution is 2.16. The molecule has 1 aromatic carbocycles. The lowest BCUT2D eigenvalue weighted by atomic mass is 10.2. The van der Waals surface area contributed by atoms with E-state index in [1.165, 1.54) is 0 Å². The fourth-order valence-electron chi connectivity index (χ4n) is 2.21. The van der Waals surface area contributed by atoms with Crippen LogP contribution in [0.3, 0.4) is 0 Å². The van der Waals surface area contributed by atoms with Crippen molar-refractivity contribution in [3.05, 3.63) is 36.0 Å². The molecule has 0 bridgehead atoms. The number of nitrogens with one attached hydrogen (secondary N) is 1. The minimum absolute atomic E-state index is 0.119. The molecule has 0 heterocycles. The Kier molecular flexibility index (Phi) is 9.06. The van der Waals surface area contributed by atoms with E-state index < -0.39 is 0 Å². The smallest absolute Gasteiger partial charge is 0.267 e. The Hall–Kier alpha value is -2.48. The second-order valence-electron chi connectivity index (χ2n) is 5.46. The summed E-state index contributed by atoms with van der Waals surface area (Å²) < 4.78 is 5.37. The van der Waals surface area contributed by atoms with Crippen molar-refractivity contribution in [3.8, 4) is 11.8 Å². The number of hydrogen-bond acceptors (Lipinski definition) is 4. The maximum Gasteiger partial charge on any atom is 0.267 e. The number of amides is 1. The van der Waals surface area contributed by atoms with Crippen LogP contribution in [-0.4, -0.2) is 30.5 Å². The molecule has 0 aliphatic heterocycles. The zero-order valence-corrected chi connectivity index (χ0v) is 14.8. The second-order valence-corrected chi connectivity index (χ2v) is 5.46. The molecule has 0 aromatic heterocycles. The predicted molar refractivity (Wildman–Crippen MR) is 96.7 cm³/mol. The van der Waals surface area contributed by atoms with E-state index in [1.807, 2.05) is 17.9 Å². The van der Waals surface area contributed by atoms with Gasteiger partial charge in [-0.05, 0) is 44.0 Å². The Morgan fingerprint density at radius 3 is 2.46 bits per heavy atom. The van der Waals surface area contributed by atoms with Crippen LogP contribution in [0.5, 0.6) is 5.75 Å². The van der Waals surface area contributed by atoms with Gasteiger partial charge in [0, 0.05) is 25.0 Å². The summed E-state index contributed by atoms with van der Waals surface area (Å²) >= 11 is 0. The molecule has 0 unspecified atom stereocenters. The first kappa shape index (κ1) is 19.6. The Labute approximate surface area is 144 Å². The SMILES string of the molecule is CCCCN(/C=C(/C#N)C(=O)Nc1ccc(OCC)cc1)CCC. The molecular weight excluding hydrogens is 302 g/mol. The molecule has 0 aliphatic carbocycles. The van der Waals surface area contributed by atoms with Crippen LogP contribution in [0.2, 0.25) is 0 Å². The normalized spacial score (nSPS) is 10.8. The van der Waals surface area contributed by atoms with Crippen LogP contribution in [0.15, 0.2) is 36.0 Å². The number of anilines is 1. The van der Waals surface area contributed by atoms with Gasteiger partial charge in [-0.15, -0.1) is 0 Å². The van der Waals surface area contributed by atoms with Gasteiger partial charge in [0.2, 0.25) is 0 Å². The summed E-state index contributed by atoms with van der Waals surface area (Å²) in [5, 5.41) is 12.1. The summed E-state index contributed by atoms with van der Waals surface area (Å²) in [7, 11) is 0. The van der Waals surface area contributed by atoms with Crippen molar-refractivity contribution < 1.29 is 9.53 Å². The highest BCUT2D eigenvalue weighted by molar-refractivity contribution is 6.06. The third-order valence-electron chi connectivity index (χ3n) is 3.41. The molecule has 0 atom stereocenters. The van der Waals surface area contributed by atoms with Gasteiger partial charge in [0.1, 0.15) is 17.4 Å². The summed E-state index contributed by atoms with van der Waals surface area (Å²) in [5.41, 5.74) is 0.758. The van der Waals surface area contributed by atoms with E-state index in [0.29, 0.717) is 12.3 Å². The van der Waals surface area contributed by atoms with E-state index >= 15 is 0 Å². The lowest BCUT2D eigenvalue weighted by molar-refractivity contribution is -0.112. The topological polar surface area (TPSA) is 65.4 Å². The van der Waals surface area contributed by atoms with Crippen molar-refractivity contribution in [2.24, 2.45) is 0 Å². The first-order valence-corrected chi connectivity index (χ1v) is 8.54. The number of ether oxygens (including phenoxy) is 1. The first-order valence-electron chi connectivity index (χ1n) is 8.54. The van der Waals surface area contributed by atoms with Gasteiger partial charge in [-0.3, -0.25) is 4.79 Å². The average Bonchev–Trinajstić information content (AvgIpc) is 2.59. The fraction of sp³-hybridized carbons (Fsp3) is 0.474. The highest BCUT2D eigenvalue weighted by atomic mass is 16.5. The fourth-order valence-corrected chi connectivity index (χ4v) is 2.21. The minimum atomic E-state index is -0.390. The van der Waals surface area contributed by atoms with Crippen molar-refractivity contribution >= 4 is 11.6 Å². The summed E-state index contributed by atoms with van der Waals surface area (Å²) in [5.74, 6) is 0.361. The minimum Gasteiger partial charge on any atom is -0.494 e. The van der Waals surface area contributed by atoms with Crippen molar-refractivity contribution in [1.82, 2.24) is 4.90 Å². The summed E-state index contributed by atoms with van der Waals surface area (Å²) in [4.78, 5) is 14.3. The standard InChI is InChI=1S/C19H27N3O2/c1-4-7-13-22(12-5-2)15-16(14-20)19(23)21-17-8-10-18(11-9-17)24-6-3/h8-11,15H,4-7,12-13H2,1-3H3,(H,21,23)/b16-15-. The molecule has 0 saturated heterocycles. The monoisotopic (exact) mass is 329 g/mol. The van der Waals surface area contributed by atoms with Gasteiger partial charge in [0.15, 0.2) is 0 Å². The zero-order valence-electron chi connectivity index (χ0n) is 14.8. The molecule has 0 aliphatic rings. The number of carbonyl (C=O) groups is 1. The van der Waals surface area contributed by atoms with E-state index in [-0.39, 0.29) is 11.5 Å². The molecule has 1 N–H and O–H groups in total. The molecule has 1 aromatic rings. The molecule has 130 valence electrons. The van der Waals surface area contributed by atoms with Gasteiger partial charge in [0.25, 0.3) is 5.91 Å². The van der Waals surface area contributed by atoms with E-state index in [2.05, 4.69) is 19.2 Å². The van der Waals surface area contributed by atoms with Crippen molar-refractivity contribution in [1.29, 1.82) is 5.26 Å². The van der Waals surface area contributed by atoms with E-state index in [4.69, 9.17) is 4.74 Å². The molecular formula is C19H27N3O2. The highest BCUT2D eigenvalue weighted by Gasteiger charge is 2.11. The van der Waals surface area contributed by atoms with Gasteiger partial charge >= 0.3 is 0 Å². The lowest BCUT2D eigenvalue weighted by Crippen LogP contribution is -2.23. The number of nitriles is 1. The van der Waals surface area contributed by atoms with Crippen molar-refractivity contribution in [3.63, 3.8) is 0 Å². The van der Waals surface area contributed by atoms with Gasteiger partial charge in [0.05, 0.1) is 6.61 Å². The zero-order chi connectivity index (χ0) is 17.8. The lowest BCUT2D eigenvalue weighted by Gasteiger charge is -2.19. The number of unbranched alkanes of at least 4 members (excludes halogenated alkanes) is 1. The number of carbonyl (C=O) groups excluding carboxylic acids is 1. The summed E-state index contributed by atoms with van der Waals surface area (Å²) in [6.07, 6.45) is 4.76. The molecule has 24 heavy (non-hydrogen) atoms. The Morgan fingerprint density at radius 2 is 1.92 bits per heavy atom. The maximum atomic E-state index is 12.3. The van der Waals surface area contributed by atoms with Crippen LogP contribution >= 0.6 is 0 Å².